The van der Waals surface area contributed by atoms with Gasteiger partial charge in [0.2, 0.25) is 5.75 Å². The van der Waals surface area contributed by atoms with E-state index in [2.05, 4.69) is 10.2 Å². The summed E-state index contributed by atoms with van der Waals surface area (Å²) in [5, 5.41) is 15.4. The van der Waals surface area contributed by atoms with Crippen molar-refractivity contribution in [2.75, 3.05) is 67.2 Å². The van der Waals surface area contributed by atoms with Gasteiger partial charge in [-0.05, 0) is 49.3 Å². The van der Waals surface area contributed by atoms with Crippen molar-refractivity contribution in [1.29, 1.82) is 0 Å². The first-order valence-corrected chi connectivity index (χ1v) is 16.0. The van der Waals surface area contributed by atoms with Crippen LogP contribution in [0.1, 0.15) is 35.2 Å². The summed E-state index contributed by atoms with van der Waals surface area (Å²) < 4.78 is 46.3. The predicted octanol–water partition coefficient (Wildman–Crippen LogP) is 2.57. The van der Waals surface area contributed by atoms with Crippen LogP contribution in [0.5, 0.6) is 23.0 Å². The Labute approximate surface area is 273 Å². The Morgan fingerprint density at radius 1 is 0.957 bits per heavy atom. The van der Waals surface area contributed by atoms with Gasteiger partial charge in [0.25, 0.3) is 0 Å². The first-order valence-electron chi connectivity index (χ1n) is 16.0. The van der Waals surface area contributed by atoms with Gasteiger partial charge in [-0.15, -0.1) is 0 Å². The van der Waals surface area contributed by atoms with Gasteiger partial charge in [0.1, 0.15) is 23.6 Å². The second-order valence-corrected chi connectivity index (χ2v) is 12.8. The molecule has 0 unspecified atom stereocenters. The van der Waals surface area contributed by atoms with Crippen molar-refractivity contribution in [3.8, 4) is 23.0 Å². The molecule has 1 aliphatic carbocycles. The van der Waals surface area contributed by atoms with E-state index >= 15 is 0 Å². The first-order chi connectivity index (χ1) is 22.7. The molecule has 7 rings (SSSR count). The first kappa shape index (κ1) is 31.8. The summed E-state index contributed by atoms with van der Waals surface area (Å²) in [6.45, 7) is 2.25. The molecule has 1 saturated carbocycles. The number of methoxy groups -OCH3 is 5. The van der Waals surface area contributed by atoms with Crippen LogP contribution in [0.25, 0.3) is 0 Å². The van der Waals surface area contributed by atoms with Crippen LogP contribution in [0, 0.1) is 17.8 Å². The number of rotatable bonds is 7. The van der Waals surface area contributed by atoms with Crippen molar-refractivity contribution >= 4 is 17.6 Å². The Kier molecular flexibility index (Phi) is 8.14. The van der Waals surface area contributed by atoms with Crippen LogP contribution in [0.4, 0.5) is 5.69 Å². The summed E-state index contributed by atoms with van der Waals surface area (Å²) in [6, 6.07) is 8.79. The molecule has 47 heavy (non-hydrogen) atoms. The number of carbonyl (C=O) groups is 2. The Bertz CT molecular complexity index is 1530. The van der Waals surface area contributed by atoms with E-state index in [0.29, 0.717) is 56.3 Å². The van der Waals surface area contributed by atoms with Crippen LogP contribution < -0.4 is 24.3 Å². The smallest absolute Gasteiger partial charge is 0.338 e. The molecule has 3 saturated heterocycles. The van der Waals surface area contributed by atoms with Crippen molar-refractivity contribution < 1.29 is 52.6 Å². The fourth-order valence-electron chi connectivity index (χ4n) is 8.92. The van der Waals surface area contributed by atoms with Gasteiger partial charge in [-0.3, -0.25) is 9.69 Å². The number of hydrogen-bond donors (Lipinski definition) is 2. The van der Waals surface area contributed by atoms with Gasteiger partial charge in [0.15, 0.2) is 17.2 Å². The van der Waals surface area contributed by atoms with Crippen LogP contribution in [-0.2, 0) is 29.3 Å². The number of nitrogens with one attached hydrogen (secondary N) is 1. The summed E-state index contributed by atoms with van der Waals surface area (Å²) in [5.74, 6) is -0.795. The van der Waals surface area contributed by atoms with E-state index in [0.717, 1.165) is 23.5 Å². The summed E-state index contributed by atoms with van der Waals surface area (Å²) in [7, 11) is 7.35. The second kappa shape index (κ2) is 12.0. The summed E-state index contributed by atoms with van der Waals surface area (Å²) in [5.41, 5.74) is 0.489. The van der Waals surface area contributed by atoms with Crippen LogP contribution in [0.15, 0.2) is 30.3 Å². The molecule has 13 heteroatoms. The van der Waals surface area contributed by atoms with Gasteiger partial charge in [0, 0.05) is 30.4 Å². The number of nitrogens with zero attached hydrogens (tertiary/aromatic N) is 1. The number of piperidine rings is 2. The third-order valence-electron chi connectivity index (χ3n) is 11.0. The Morgan fingerprint density at radius 2 is 1.70 bits per heavy atom. The number of anilines is 1. The molecule has 4 heterocycles. The molecule has 0 bridgehead atoms. The highest BCUT2D eigenvalue weighted by Gasteiger charge is 2.70. The average molecular weight is 655 g/mol. The molecule has 2 aromatic carbocycles. The third-order valence-corrected chi connectivity index (χ3v) is 11.0. The number of aliphatic hydroxyl groups excluding tert-OH is 1. The predicted molar refractivity (Wildman–Crippen MR) is 166 cm³/mol. The van der Waals surface area contributed by atoms with Gasteiger partial charge in [-0.2, -0.15) is 0 Å². The average Bonchev–Trinajstić information content (AvgIpc) is 3.41. The van der Waals surface area contributed by atoms with Crippen molar-refractivity contribution in [1.82, 2.24) is 4.90 Å². The van der Waals surface area contributed by atoms with E-state index in [1.165, 1.54) is 40.6 Å². The van der Waals surface area contributed by atoms with Crippen LogP contribution in [0.3, 0.4) is 0 Å². The minimum atomic E-state index is -1.28. The number of aliphatic hydroxyl groups is 1. The van der Waals surface area contributed by atoms with Crippen LogP contribution in [-0.4, -0.2) is 108 Å². The monoisotopic (exact) mass is 654 g/mol. The van der Waals surface area contributed by atoms with E-state index in [1.807, 2.05) is 18.2 Å². The van der Waals surface area contributed by atoms with Gasteiger partial charge >= 0.3 is 11.9 Å². The van der Waals surface area contributed by atoms with Crippen molar-refractivity contribution in [2.45, 2.75) is 48.8 Å². The second-order valence-electron chi connectivity index (χ2n) is 12.8. The molecule has 0 spiro atoms. The fourth-order valence-corrected chi connectivity index (χ4v) is 8.92. The number of esters is 2. The van der Waals surface area contributed by atoms with Crippen LogP contribution in [0.2, 0.25) is 0 Å². The molecular formula is C34H42N2O11. The highest BCUT2D eigenvalue weighted by Crippen LogP contribution is 2.60. The van der Waals surface area contributed by atoms with E-state index < -0.39 is 41.4 Å². The molecule has 13 nitrogen and oxygen atoms in total. The lowest BCUT2D eigenvalue weighted by molar-refractivity contribution is -0.301. The molecule has 2 N–H and O–H groups in total. The molecule has 0 aromatic heterocycles. The summed E-state index contributed by atoms with van der Waals surface area (Å²) >= 11 is 0. The number of hydrogen-bond acceptors (Lipinski definition) is 13. The lowest BCUT2D eigenvalue weighted by Gasteiger charge is -2.62. The van der Waals surface area contributed by atoms with Gasteiger partial charge < -0.3 is 48.3 Å². The van der Waals surface area contributed by atoms with E-state index in [-0.39, 0.29) is 23.4 Å². The van der Waals surface area contributed by atoms with Crippen molar-refractivity contribution in [2.24, 2.45) is 17.8 Å². The Balaban J connectivity index is 1.18. The van der Waals surface area contributed by atoms with Gasteiger partial charge in [0.05, 0.1) is 66.3 Å². The molecule has 0 radical (unpaired) electrons. The van der Waals surface area contributed by atoms with Crippen LogP contribution >= 0.6 is 0 Å². The van der Waals surface area contributed by atoms with Crippen molar-refractivity contribution in [3.63, 3.8) is 0 Å². The minimum Gasteiger partial charge on any atom is -0.497 e. The van der Waals surface area contributed by atoms with Gasteiger partial charge in [-0.25, -0.2) is 4.79 Å². The number of carbonyl (C=O) groups excluding carboxylic acids is 2. The lowest BCUT2D eigenvalue weighted by atomic mass is 9.61. The number of benzene rings is 2. The zero-order chi connectivity index (χ0) is 33.1. The molecule has 2 aromatic rings. The Morgan fingerprint density at radius 3 is 2.38 bits per heavy atom. The lowest BCUT2D eigenvalue weighted by Crippen LogP contribution is -2.76. The van der Waals surface area contributed by atoms with E-state index in [1.54, 1.807) is 7.11 Å². The molecule has 8 atom stereocenters. The fraction of sp³-hybridized carbons (Fsp3) is 0.588. The van der Waals surface area contributed by atoms with E-state index in [4.69, 9.17) is 37.9 Å². The minimum absolute atomic E-state index is 0.0613. The zero-order valence-electron chi connectivity index (χ0n) is 27.3. The Hall–Kier alpha value is -3.78. The molecule has 0 amide bonds. The topological polar surface area (TPSA) is 143 Å². The quantitative estimate of drug-likeness (QED) is 0.423. The summed E-state index contributed by atoms with van der Waals surface area (Å²) in [6.07, 6.45) is -0.609. The maximum atomic E-state index is 13.5. The normalized spacial score (nSPS) is 33.8. The molecular weight excluding hydrogens is 612 g/mol. The van der Waals surface area contributed by atoms with Gasteiger partial charge in [-0.1, -0.05) is 6.07 Å². The third kappa shape index (κ3) is 4.73. The largest absolute Gasteiger partial charge is 0.497 e. The zero-order valence-corrected chi connectivity index (χ0v) is 27.3. The standard InChI is InChI=1S/C34H42N2O11/c1-40-20-6-7-22-23(15-20)35-34-27-16-21-19(17-36(27)9-8-33(22,34)45-10-11-46-34)14-24(29(37)28(21)32(39)44-5)47-31(38)18-12-25(41-2)30(43-4)26(13-18)42-3/h6-7,12-13,15,19,21,24,27-29,35,37H,8-11,14,16-17H2,1-5H3/t19-,21+,24-,27-,28+,29+,33+,34+/m1/s1. The highest BCUT2D eigenvalue weighted by molar-refractivity contribution is 5.91. The van der Waals surface area contributed by atoms with Crippen molar-refractivity contribution in [3.05, 3.63) is 41.5 Å². The number of ether oxygens (including phenoxy) is 8. The molecule has 5 aliphatic rings. The maximum Gasteiger partial charge on any atom is 0.338 e. The van der Waals surface area contributed by atoms with E-state index in [9.17, 15) is 14.7 Å². The molecule has 254 valence electrons. The highest BCUT2D eigenvalue weighted by atomic mass is 16.6. The number of fused-ring (bicyclic) bond motifs is 3. The maximum absolute atomic E-state index is 13.5. The molecule has 4 aliphatic heterocycles. The molecule has 4 fully saturated rings. The SMILES string of the molecule is COC(=O)[C@@H]1[C@@H](O)[C@H](OC(=O)c2cc(OC)c(OC)c(OC)c2)C[C@@H]2CN3CC[C@@]45OCCO[C@@]4(Nc4cc(OC)ccc45)[C@H]3C[C@@H]21. The summed E-state index contributed by atoms with van der Waals surface area (Å²) in [4.78, 5) is 29.3.